The van der Waals surface area contributed by atoms with Gasteiger partial charge < -0.3 is 10.4 Å². The second kappa shape index (κ2) is 7.45. The average Bonchev–Trinajstić information content (AvgIpc) is 2.36. The molecule has 0 aliphatic carbocycles. The van der Waals surface area contributed by atoms with E-state index < -0.39 is 0 Å². The third-order valence-corrected chi connectivity index (χ3v) is 4.09. The summed E-state index contributed by atoms with van der Waals surface area (Å²) >= 11 is 8.03. The van der Waals surface area contributed by atoms with E-state index in [-0.39, 0.29) is 17.9 Å². The Kier molecular flexibility index (Phi) is 6.56. The molecule has 5 heteroatoms. The maximum Gasteiger partial charge on any atom is 0.252 e. The lowest BCUT2D eigenvalue weighted by Gasteiger charge is -2.24. The molecule has 0 saturated carbocycles. The Morgan fingerprint density at radius 1 is 1.47 bits per heavy atom. The molecule has 1 aromatic rings. The fraction of sp³-hybridized carbons (Fsp3) is 0.500. The highest BCUT2D eigenvalue weighted by molar-refractivity contribution is 14.1. The normalized spacial score (nSPS) is 11.4. The number of aliphatic hydroxyl groups is 1. The van der Waals surface area contributed by atoms with Gasteiger partial charge in [-0.2, -0.15) is 0 Å². The molecule has 0 aliphatic heterocycles. The number of benzene rings is 1. The number of rotatable bonds is 6. The van der Waals surface area contributed by atoms with Crippen LogP contribution in [-0.4, -0.2) is 24.2 Å². The van der Waals surface area contributed by atoms with E-state index in [0.29, 0.717) is 17.1 Å². The quantitative estimate of drug-likeness (QED) is 0.725. The number of amides is 1. The Labute approximate surface area is 132 Å². The molecule has 0 radical (unpaired) electrons. The number of halogens is 2. The van der Waals surface area contributed by atoms with Crippen molar-refractivity contribution in [3.8, 4) is 0 Å². The van der Waals surface area contributed by atoms with Gasteiger partial charge in [0, 0.05) is 21.7 Å². The monoisotopic (exact) mass is 395 g/mol. The topological polar surface area (TPSA) is 49.3 Å². The number of nitrogens with one attached hydrogen (secondary N) is 1. The predicted molar refractivity (Wildman–Crippen MR) is 86.6 cm³/mol. The smallest absolute Gasteiger partial charge is 0.252 e. The number of carbonyl (C=O) groups excluding carboxylic acids is 1. The van der Waals surface area contributed by atoms with E-state index in [1.165, 1.54) is 0 Å². The SMILES string of the molecule is CC(C)(CCCO)CNC(=O)c1cc(Cl)ccc1I. The van der Waals surface area contributed by atoms with Gasteiger partial charge in [0.15, 0.2) is 0 Å². The zero-order valence-corrected chi connectivity index (χ0v) is 14.1. The lowest BCUT2D eigenvalue weighted by Crippen LogP contribution is -2.34. The highest BCUT2D eigenvalue weighted by atomic mass is 127. The molecule has 106 valence electrons. The fourth-order valence-electron chi connectivity index (χ4n) is 1.73. The van der Waals surface area contributed by atoms with Crippen molar-refractivity contribution in [3.63, 3.8) is 0 Å². The molecule has 0 aromatic heterocycles. The van der Waals surface area contributed by atoms with E-state index in [4.69, 9.17) is 16.7 Å². The summed E-state index contributed by atoms with van der Waals surface area (Å²) in [5.41, 5.74) is 0.577. The molecule has 0 fully saturated rings. The first kappa shape index (κ1) is 16.7. The van der Waals surface area contributed by atoms with Crippen LogP contribution in [0, 0.1) is 8.99 Å². The van der Waals surface area contributed by atoms with Gasteiger partial charge in [-0.25, -0.2) is 0 Å². The van der Waals surface area contributed by atoms with E-state index in [9.17, 15) is 4.79 Å². The van der Waals surface area contributed by atoms with Crippen molar-refractivity contribution >= 4 is 40.1 Å². The standard InChI is InChI=1S/C14H19ClINO2/c1-14(2,6-3-7-18)9-17-13(19)11-8-10(15)4-5-12(11)16/h4-5,8,18H,3,6-7,9H2,1-2H3,(H,17,19). The molecule has 0 atom stereocenters. The molecule has 0 spiro atoms. The van der Waals surface area contributed by atoms with Crippen LogP contribution in [0.4, 0.5) is 0 Å². The Bertz CT molecular complexity index is 449. The first-order valence-corrected chi connectivity index (χ1v) is 7.65. The lowest BCUT2D eigenvalue weighted by atomic mass is 9.88. The van der Waals surface area contributed by atoms with Crippen molar-refractivity contribution in [2.45, 2.75) is 26.7 Å². The second-order valence-electron chi connectivity index (χ2n) is 5.30. The zero-order valence-electron chi connectivity index (χ0n) is 11.2. The molecule has 0 bridgehead atoms. The average molecular weight is 396 g/mol. The Morgan fingerprint density at radius 3 is 2.79 bits per heavy atom. The molecular weight excluding hydrogens is 377 g/mol. The van der Waals surface area contributed by atoms with Crippen molar-refractivity contribution in [1.29, 1.82) is 0 Å². The maximum atomic E-state index is 12.1. The number of hydrogen-bond acceptors (Lipinski definition) is 2. The van der Waals surface area contributed by atoms with E-state index in [0.717, 1.165) is 16.4 Å². The van der Waals surface area contributed by atoms with Crippen molar-refractivity contribution < 1.29 is 9.90 Å². The molecule has 1 aromatic carbocycles. The summed E-state index contributed by atoms with van der Waals surface area (Å²) in [7, 11) is 0. The van der Waals surface area contributed by atoms with Gasteiger partial charge in [-0.15, -0.1) is 0 Å². The van der Waals surface area contributed by atoms with Crippen LogP contribution in [0.5, 0.6) is 0 Å². The predicted octanol–water partition coefficient (Wildman–Crippen LogP) is 3.47. The number of carbonyl (C=O) groups is 1. The summed E-state index contributed by atoms with van der Waals surface area (Å²) in [6, 6.07) is 5.28. The van der Waals surface area contributed by atoms with E-state index in [1.54, 1.807) is 12.1 Å². The van der Waals surface area contributed by atoms with E-state index in [1.807, 2.05) is 6.07 Å². The molecular formula is C14H19ClINO2. The highest BCUT2D eigenvalue weighted by Crippen LogP contribution is 2.22. The minimum atomic E-state index is -0.107. The van der Waals surface area contributed by atoms with Crippen LogP contribution in [0.15, 0.2) is 18.2 Å². The zero-order chi connectivity index (χ0) is 14.5. The fourth-order valence-corrected chi connectivity index (χ4v) is 2.48. The van der Waals surface area contributed by atoms with Gasteiger partial charge in [0.1, 0.15) is 0 Å². The van der Waals surface area contributed by atoms with Gasteiger partial charge in [0.2, 0.25) is 0 Å². The lowest BCUT2D eigenvalue weighted by molar-refractivity contribution is 0.0932. The number of aliphatic hydroxyl groups excluding tert-OH is 1. The first-order valence-electron chi connectivity index (χ1n) is 6.20. The van der Waals surface area contributed by atoms with Crippen molar-refractivity contribution in [2.24, 2.45) is 5.41 Å². The molecule has 1 amide bonds. The van der Waals surface area contributed by atoms with Crippen LogP contribution in [0.1, 0.15) is 37.0 Å². The van der Waals surface area contributed by atoms with Gasteiger partial charge in [-0.1, -0.05) is 25.4 Å². The maximum absolute atomic E-state index is 12.1. The Balaban J connectivity index is 2.62. The van der Waals surface area contributed by atoms with Crippen molar-refractivity contribution in [2.75, 3.05) is 13.2 Å². The summed E-state index contributed by atoms with van der Waals surface area (Å²) in [5, 5.41) is 12.3. The molecule has 0 saturated heterocycles. The van der Waals surface area contributed by atoms with Crippen LogP contribution >= 0.6 is 34.2 Å². The van der Waals surface area contributed by atoms with Gasteiger partial charge >= 0.3 is 0 Å². The van der Waals surface area contributed by atoms with Crippen molar-refractivity contribution in [1.82, 2.24) is 5.32 Å². The van der Waals surface area contributed by atoms with Gasteiger partial charge in [-0.05, 0) is 59.0 Å². The Hall–Kier alpha value is -0.330. The second-order valence-corrected chi connectivity index (χ2v) is 6.90. The van der Waals surface area contributed by atoms with Gasteiger partial charge in [-0.3, -0.25) is 4.79 Å². The molecule has 0 aliphatic rings. The molecule has 0 unspecified atom stereocenters. The third-order valence-electron chi connectivity index (χ3n) is 2.91. The minimum Gasteiger partial charge on any atom is -0.396 e. The van der Waals surface area contributed by atoms with Crippen LogP contribution < -0.4 is 5.32 Å². The van der Waals surface area contributed by atoms with E-state index >= 15 is 0 Å². The van der Waals surface area contributed by atoms with Crippen LogP contribution in [0.3, 0.4) is 0 Å². The van der Waals surface area contributed by atoms with Crippen LogP contribution in [-0.2, 0) is 0 Å². The molecule has 3 nitrogen and oxygen atoms in total. The molecule has 19 heavy (non-hydrogen) atoms. The van der Waals surface area contributed by atoms with E-state index in [2.05, 4.69) is 41.8 Å². The third kappa shape index (κ3) is 5.67. The van der Waals surface area contributed by atoms with Crippen LogP contribution in [0.25, 0.3) is 0 Å². The molecule has 0 heterocycles. The molecule has 1 rings (SSSR count). The summed E-state index contributed by atoms with van der Waals surface area (Å²) in [5.74, 6) is -0.107. The number of hydrogen-bond donors (Lipinski definition) is 2. The van der Waals surface area contributed by atoms with Crippen molar-refractivity contribution in [3.05, 3.63) is 32.4 Å². The Morgan fingerprint density at radius 2 is 2.16 bits per heavy atom. The largest absolute Gasteiger partial charge is 0.396 e. The van der Waals surface area contributed by atoms with Gasteiger partial charge in [0.05, 0.1) is 5.56 Å². The summed E-state index contributed by atoms with van der Waals surface area (Å²) in [6.45, 7) is 4.91. The molecule has 2 N–H and O–H groups in total. The summed E-state index contributed by atoms with van der Waals surface area (Å²) in [6.07, 6.45) is 1.62. The summed E-state index contributed by atoms with van der Waals surface area (Å²) < 4.78 is 0.882. The van der Waals surface area contributed by atoms with Gasteiger partial charge in [0.25, 0.3) is 5.91 Å². The first-order chi connectivity index (χ1) is 8.85. The summed E-state index contributed by atoms with van der Waals surface area (Å²) in [4.78, 5) is 12.1. The highest BCUT2D eigenvalue weighted by Gasteiger charge is 2.19. The minimum absolute atomic E-state index is 0.0254. The van der Waals surface area contributed by atoms with Crippen LogP contribution in [0.2, 0.25) is 5.02 Å².